The van der Waals surface area contributed by atoms with Crippen LogP contribution >= 0.6 is 0 Å². The molecule has 0 bridgehead atoms. The van der Waals surface area contributed by atoms with E-state index in [0.717, 1.165) is 57.1 Å². The van der Waals surface area contributed by atoms with Crippen molar-refractivity contribution >= 4 is 17.4 Å². The first kappa shape index (κ1) is 21.6. The van der Waals surface area contributed by atoms with Crippen molar-refractivity contribution < 1.29 is 9.53 Å². The molecule has 0 radical (unpaired) electrons. The molecule has 1 saturated carbocycles. The van der Waals surface area contributed by atoms with Crippen molar-refractivity contribution in [1.29, 1.82) is 0 Å². The van der Waals surface area contributed by atoms with Crippen LogP contribution in [-0.2, 0) is 4.79 Å². The van der Waals surface area contributed by atoms with Gasteiger partial charge < -0.3 is 9.64 Å². The molecular formula is C25H34N4O2. The molecule has 6 heteroatoms. The van der Waals surface area contributed by atoms with Crippen LogP contribution in [0.15, 0.2) is 48.7 Å². The van der Waals surface area contributed by atoms with Crippen molar-refractivity contribution in [1.82, 2.24) is 9.88 Å². The van der Waals surface area contributed by atoms with Crippen molar-refractivity contribution in [2.45, 2.75) is 32.1 Å². The summed E-state index contributed by atoms with van der Waals surface area (Å²) < 4.78 is 5.37. The molecule has 166 valence electrons. The molecule has 2 aromatic rings. The van der Waals surface area contributed by atoms with Crippen molar-refractivity contribution in [3.05, 3.63) is 48.7 Å². The molecule has 2 aliphatic rings. The van der Waals surface area contributed by atoms with E-state index in [1.54, 1.807) is 13.3 Å². The first-order valence-corrected chi connectivity index (χ1v) is 11.6. The van der Waals surface area contributed by atoms with Gasteiger partial charge in [-0.05, 0) is 37.1 Å². The maximum atomic E-state index is 13.3. The van der Waals surface area contributed by atoms with Gasteiger partial charge >= 0.3 is 0 Å². The SMILES string of the molecule is COc1cccc(N2CCN(CCN(C(=O)C3CCCCC3)c3ccccn3)CC2)c1. The van der Waals surface area contributed by atoms with Gasteiger partial charge in [0.2, 0.25) is 5.91 Å². The molecule has 2 fully saturated rings. The highest BCUT2D eigenvalue weighted by Gasteiger charge is 2.28. The minimum atomic E-state index is 0.153. The van der Waals surface area contributed by atoms with E-state index in [-0.39, 0.29) is 11.8 Å². The summed E-state index contributed by atoms with van der Waals surface area (Å²) in [4.78, 5) is 24.6. The molecule has 1 aromatic carbocycles. The van der Waals surface area contributed by atoms with Gasteiger partial charge in [0.1, 0.15) is 11.6 Å². The van der Waals surface area contributed by atoms with Crippen LogP contribution in [0.4, 0.5) is 11.5 Å². The minimum absolute atomic E-state index is 0.153. The van der Waals surface area contributed by atoms with Gasteiger partial charge in [-0.15, -0.1) is 0 Å². The molecule has 1 aromatic heterocycles. The quantitative estimate of drug-likeness (QED) is 0.679. The molecule has 4 rings (SSSR count). The Balaban J connectivity index is 1.35. The standard InChI is InChI=1S/C25H34N4O2/c1-31-23-11-7-10-22(20-23)28-17-14-27(15-18-28)16-19-29(24-12-5-6-13-26-24)25(30)21-8-3-2-4-9-21/h5-7,10-13,20-21H,2-4,8-9,14-19H2,1H3. The first-order valence-electron chi connectivity index (χ1n) is 11.6. The molecule has 1 amide bonds. The van der Waals surface area contributed by atoms with Crippen molar-refractivity contribution in [3.63, 3.8) is 0 Å². The Kier molecular flexibility index (Phi) is 7.41. The lowest BCUT2D eigenvalue weighted by atomic mass is 9.88. The largest absolute Gasteiger partial charge is 0.497 e. The number of carbonyl (C=O) groups excluding carboxylic acids is 1. The zero-order valence-electron chi connectivity index (χ0n) is 18.6. The van der Waals surface area contributed by atoms with Crippen LogP contribution in [0, 0.1) is 5.92 Å². The van der Waals surface area contributed by atoms with E-state index in [4.69, 9.17) is 4.74 Å². The van der Waals surface area contributed by atoms with Crippen LogP contribution in [0.25, 0.3) is 0 Å². The number of pyridine rings is 1. The number of piperazine rings is 1. The second-order valence-corrected chi connectivity index (χ2v) is 8.54. The minimum Gasteiger partial charge on any atom is -0.497 e. The third-order valence-corrected chi connectivity index (χ3v) is 6.58. The van der Waals surface area contributed by atoms with Crippen LogP contribution in [0.5, 0.6) is 5.75 Å². The van der Waals surface area contributed by atoms with Crippen molar-refractivity contribution in [3.8, 4) is 5.75 Å². The lowest BCUT2D eigenvalue weighted by molar-refractivity contribution is -0.123. The van der Waals surface area contributed by atoms with Crippen molar-refractivity contribution in [2.24, 2.45) is 5.92 Å². The number of anilines is 2. The molecule has 0 spiro atoms. The molecule has 6 nitrogen and oxygen atoms in total. The van der Waals surface area contributed by atoms with E-state index in [1.807, 2.05) is 35.2 Å². The average Bonchev–Trinajstić information content (AvgIpc) is 2.85. The third-order valence-electron chi connectivity index (χ3n) is 6.58. The molecule has 1 saturated heterocycles. The number of methoxy groups -OCH3 is 1. The predicted octanol–water partition coefficient (Wildman–Crippen LogP) is 3.83. The number of rotatable bonds is 7. The van der Waals surface area contributed by atoms with Crippen molar-refractivity contribution in [2.75, 3.05) is 56.2 Å². The Morgan fingerprint density at radius 1 is 1.06 bits per heavy atom. The normalized spacial score (nSPS) is 18.0. The molecule has 2 heterocycles. The van der Waals surface area contributed by atoms with E-state index in [1.165, 1.54) is 24.9 Å². The number of ether oxygens (including phenoxy) is 1. The predicted molar refractivity (Wildman–Crippen MR) is 125 cm³/mol. The number of benzene rings is 1. The summed E-state index contributed by atoms with van der Waals surface area (Å²) in [6.45, 7) is 5.52. The van der Waals surface area contributed by atoms with E-state index < -0.39 is 0 Å². The van der Waals surface area contributed by atoms with E-state index in [2.05, 4.69) is 26.9 Å². The van der Waals surface area contributed by atoms with Crippen LogP contribution in [-0.4, -0.2) is 62.2 Å². The summed E-state index contributed by atoms with van der Waals surface area (Å²) in [6.07, 6.45) is 7.40. The topological polar surface area (TPSA) is 48.9 Å². The highest BCUT2D eigenvalue weighted by atomic mass is 16.5. The van der Waals surface area contributed by atoms with Gasteiger partial charge in [0.25, 0.3) is 0 Å². The Morgan fingerprint density at radius 2 is 1.87 bits per heavy atom. The highest BCUT2D eigenvalue weighted by Crippen LogP contribution is 2.27. The Labute approximate surface area is 185 Å². The maximum absolute atomic E-state index is 13.3. The van der Waals surface area contributed by atoms with E-state index in [9.17, 15) is 4.79 Å². The first-order chi connectivity index (χ1) is 15.2. The smallest absolute Gasteiger partial charge is 0.231 e. The van der Waals surface area contributed by atoms with Crippen LogP contribution < -0.4 is 14.5 Å². The van der Waals surface area contributed by atoms with Gasteiger partial charge in [-0.2, -0.15) is 0 Å². The summed E-state index contributed by atoms with van der Waals surface area (Å²) in [5.74, 6) is 2.09. The monoisotopic (exact) mass is 422 g/mol. The van der Waals surface area contributed by atoms with Gasteiger partial charge in [0.15, 0.2) is 0 Å². The second-order valence-electron chi connectivity index (χ2n) is 8.54. The second kappa shape index (κ2) is 10.6. The van der Waals surface area contributed by atoms with Gasteiger partial charge in [-0.1, -0.05) is 31.4 Å². The molecular weight excluding hydrogens is 388 g/mol. The van der Waals surface area contributed by atoms with Crippen LogP contribution in [0.3, 0.4) is 0 Å². The Hall–Kier alpha value is -2.60. The molecule has 0 unspecified atom stereocenters. The molecule has 1 aliphatic carbocycles. The molecule has 1 aliphatic heterocycles. The molecule has 31 heavy (non-hydrogen) atoms. The summed E-state index contributed by atoms with van der Waals surface area (Å²) >= 11 is 0. The maximum Gasteiger partial charge on any atom is 0.231 e. The zero-order valence-corrected chi connectivity index (χ0v) is 18.6. The van der Waals surface area contributed by atoms with Gasteiger partial charge in [0.05, 0.1) is 7.11 Å². The number of aromatic nitrogens is 1. The lowest BCUT2D eigenvalue weighted by Crippen LogP contribution is -2.49. The fraction of sp³-hybridized carbons (Fsp3) is 0.520. The fourth-order valence-corrected chi connectivity index (χ4v) is 4.70. The van der Waals surface area contributed by atoms with Gasteiger partial charge in [0, 0.05) is 63.1 Å². The summed E-state index contributed by atoms with van der Waals surface area (Å²) in [6, 6.07) is 14.1. The summed E-state index contributed by atoms with van der Waals surface area (Å²) in [5, 5.41) is 0. The molecule has 0 N–H and O–H groups in total. The number of carbonyl (C=O) groups is 1. The van der Waals surface area contributed by atoms with Crippen LogP contribution in [0.2, 0.25) is 0 Å². The number of hydrogen-bond donors (Lipinski definition) is 0. The van der Waals surface area contributed by atoms with E-state index in [0.29, 0.717) is 6.54 Å². The fourth-order valence-electron chi connectivity index (χ4n) is 4.70. The third kappa shape index (κ3) is 5.56. The van der Waals surface area contributed by atoms with Crippen LogP contribution in [0.1, 0.15) is 32.1 Å². The average molecular weight is 423 g/mol. The van der Waals surface area contributed by atoms with Gasteiger partial charge in [-0.3, -0.25) is 14.6 Å². The Bertz CT molecular complexity index is 830. The summed E-state index contributed by atoms with van der Waals surface area (Å²) in [5.41, 5.74) is 1.21. The molecule has 0 atom stereocenters. The Morgan fingerprint density at radius 3 is 2.58 bits per heavy atom. The lowest BCUT2D eigenvalue weighted by Gasteiger charge is -2.37. The number of hydrogen-bond acceptors (Lipinski definition) is 5. The van der Waals surface area contributed by atoms with E-state index >= 15 is 0 Å². The highest BCUT2D eigenvalue weighted by molar-refractivity contribution is 5.94. The zero-order chi connectivity index (χ0) is 21.5. The number of amides is 1. The number of nitrogens with zero attached hydrogens (tertiary/aromatic N) is 4. The summed E-state index contributed by atoms with van der Waals surface area (Å²) in [7, 11) is 1.71. The van der Waals surface area contributed by atoms with Gasteiger partial charge in [-0.25, -0.2) is 4.98 Å².